The highest BCUT2D eigenvalue weighted by atomic mass is 32.5. The highest BCUT2D eigenvalue weighted by Gasteiger charge is 2.62. The van der Waals surface area contributed by atoms with Crippen molar-refractivity contribution in [2.75, 3.05) is 12.3 Å². The number of nitrogen functional groups attached to an aromatic ring is 1. The Labute approximate surface area is 225 Å². The number of hydrogen-bond acceptors (Lipinski definition) is 10. The summed E-state index contributed by atoms with van der Waals surface area (Å²) >= 11 is 5.45. The number of hydrogen-bond donors (Lipinski definition) is 3. The number of para-hydroxylation sites is 1. The lowest BCUT2D eigenvalue weighted by Crippen LogP contribution is -2.52. The van der Waals surface area contributed by atoms with E-state index in [0.29, 0.717) is 6.20 Å². The first-order chi connectivity index (χ1) is 18.2. The maximum absolute atomic E-state index is 15.1. The molecule has 1 aromatic carbocycles. The number of esters is 1. The van der Waals surface area contributed by atoms with Gasteiger partial charge in [0.05, 0.1) is 18.9 Å². The van der Waals surface area contributed by atoms with Crippen LogP contribution in [-0.2, 0) is 30.6 Å². The van der Waals surface area contributed by atoms with Gasteiger partial charge in [0.1, 0.15) is 17.9 Å². The van der Waals surface area contributed by atoms with Gasteiger partial charge in [0.15, 0.2) is 29.6 Å². The smallest absolute Gasteiger partial charge is 0.351 e. The average molecular weight is 599 g/mol. The van der Waals surface area contributed by atoms with Gasteiger partial charge in [-0.25, -0.2) is 27.4 Å². The molecule has 6 atom stereocenters. The number of carbonyl (C=O) groups excluding carboxylic acids is 1. The lowest BCUT2D eigenvalue weighted by molar-refractivity contribution is -0.192. The number of nitrogens with zero attached hydrogens (tertiary/aromatic N) is 2. The van der Waals surface area contributed by atoms with Gasteiger partial charge >= 0.3 is 18.3 Å². The van der Waals surface area contributed by atoms with Gasteiger partial charge in [-0.2, -0.15) is 4.98 Å². The van der Waals surface area contributed by atoms with Gasteiger partial charge in [-0.3, -0.25) is 9.36 Å². The van der Waals surface area contributed by atoms with Crippen LogP contribution in [-0.4, -0.2) is 63.7 Å². The fraction of sp³-hybridized carbons (Fsp3) is 0.500. The normalized spacial score (nSPS) is 25.4. The molecule has 11 nitrogen and oxygen atoms in total. The van der Waals surface area contributed by atoms with Crippen molar-refractivity contribution in [1.82, 2.24) is 14.6 Å². The molecule has 1 unspecified atom stereocenters. The van der Waals surface area contributed by atoms with E-state index in [1.54, 1.807) is 32.0 Å². The van der Waals surface area contributed by atoms with Gasteiger partial charge in [0.25, 0.3) is 6.43 Å². The van der Waals surface area contributed by atoms with Crippen molar-refractivity contribution in [2.45, 2.75) is 63.4 Å². The molecule has 0 spiro atoms. The topological polar surface area (TPSA) is 147 Å². The maximum atomic E-state index is 15.1. The predicted octanol–water partition coefficient (Wildman–Crippen LogP) is 2.45. The van der Waals surface area contributed by atoms with Crippen LogP contribution in [0.4, 0.5) is 23.4 Å². The zero-order valence-electron chi connectivity index (χ0n) is 20.9. The Morgan fingerprint density at radius 1 is 1.33 bits per heavy atom. The van der Waals surface area contributed by atoms with Crippen LogP contribution >= 0.6 is 6.64 Å². The van der Waals surface area contributed by atoms with Gasteiger partial charge < -0.3 is 29.4 Å². The Balaban J connectivity index is 1.92. The van der Waals surface area contributed by atoms with E-state index in [1.165, 1.54) is 19.1 Å². The summed E-state index contributed by atoms with van der Waals surface area (Å²) in [6.07, 6.45) is -11.1. The molecule has 2 heterocycles. The van der Waals surface area contributed by atoms with Crippen LogP contribution in [0.2, 0.25) is 0 Å². The van der Waals surface area contributed by atoms with Crippen LogP contribution < -0.4 is 21.0 Å². The number of halogens is 4. The van der Waals surface area contributed by atoms with Gasteiger partial charge in [0.2, 0.25) is 0 Å². The number of aliphatic hydroxyl groups excluding tert-OH is 1. The molecule has 0 aliphatic carbocycles. The molecule has 0 amide bonds. The molecule has 4 N–H and O–H groups in total. The van der Waals surface area contributed by atoms with Crippen molar-refractivity contribution in [3.05, 3.63) is 52.8 Å². The lowest BCUT2D eigenvalue weighted by Gasteiger charge is -2.34. The molecular weight excluding hydrogens is 571 g/mol. The number of aliphatic hydroxyl groups is 1. The molecule has 2 aromatic rings. The highest BCUT2D eigenvalue weighted by Crippen LogP contribution is 2.49. The summed E-state index contributed by atoms with van der Waals surface area (Å²) in [5.41, 5.74) is 0.816. The molecule has 3 rings (SSSR count). The molecule has 39 heavy (non-hydrogen) atoms. The van der Waals surface area contributed by atoms with E-state index < -0.39 is 79.2 Å². The largest absolute Gasteiger partial charge is 0.462 e. The van der Waals surface area contributed by atoms with E-state index in [0.717, 1.165) is 0 Å². The summed E-state index contributed by atoms with van der Waals surface area (Å²) in [4.78, 5) is 27.7. The second-order valence-electron chi connectivity index (χ2n) is 8.83. The van der Waals surface area contributed by atoms with E-state index in [4.69, 9.17) is 36.1 Å². The fourth-order valence-corrected chi connectivity index (χ4v) is 5.94. The summed E-state index contributed by atoms with van der Waals surface area (Å²) in [6.45, 7) is -0.577. The SMILES string of the molecule is CC(C)OC(=O)[C@H](C)NP(=S)(OC[C@@]1(C(F)F)O[C@@H](n2cc(F)c(N)nc2=O)[C@H](F)[C@@H]1O)Oc1ccccc1. The van der Waals surface area contributed by atoms with E-state index in [-0.39, 0.29) is 10.3 Å². The maximum Gasteiger partial charge on any atom is 0.351 e. The Bertz CT molecular complexity index is 1270. The molecule has 0 saturated carbocycles. The van der Waals surface area contributed by atoms with Gasteiger partial charge in [-0.05, 0) is 44.7 Å². The number of rotatable bonds is 11. The third-order valence-electron chi connectivity index (χ3n) is 5.48. The molecule has 1 saturated heterocycles. The third-order valence-corrected chi connectivity index (χ3v) is 7.96. The molecule has 1 aromatic heterocycles. The Hall–Kier alpha value is -2.62. The van der Waals surface area contributed by atoms with Crippen molar-refractivity contribution in [3.8, 4) is 5.75 Å². The number of nitrogens with two attached hydrogens (primary N) is 1. The molecule has 17 heteroatoms. The molecule has 0 radical (unpaired) electrons. The third kappa shape index (κ3) is 6.94. The first-order valence-corrected chi connectivity index (χ1v) is 14.1. The quantitative estimate of drug-likeness (QED) is 0.199. The van der Waals surface area contributed by atoms with Crippen LogP contribution in [0.25, 0.3) is 0 Å². The minimum absolute atomic E-state index is 0.146. The minimum Gasteiger partial charge on any atom is -0.462 e. The molecular formula is C22H27F4N4O7PS. The number of anilines is 1. The summed E-state index contributed by atoms with van der Waals surface area (Å²) in [6, 6.07) is 6.67. The predicted molar refractivity (Wildman–Crippen MR) is 134 cm³/mol. The van der Waals surface area contributed by atoms with Crippen molar-refractivity contribution in [3.63, 3.8) is 0 Å². The number of alkyl halides is 3. The number of ether oxygens (including phenoxy) is 2. The van der Waals surface area contributed by atoms with Crippen LogP contribution in [0.1, 0.15) is 27.0 Å². The Kier molecular flexibility index (Phi) is 9.73. The van der Waals surface area contributed by atoms with E-state index in [1.807, 2.05) is 0 Å². The standard InChI is InChI=1S/C22H27F4N4O7PS/c1-11(2)35-19(32)12(3)29-38(39,37-13-7-5-4-6-8-13)34-10-22(20(25)26)16(31)15(24)18(36-22)30-9-14(23)17(27)28-21(30)33/h4-9,11-12,15-16,18,20,31H,10H2,1-3H3,(H,29,39)(H2,27,28,33)/t12-,15+,16-,18+,22+,38?/m0/s1. The second-order valence-corrected chi connectivity index (χ2v) is 12.0. The number of carbonyl (C=O) groups is 1. The van der Waals surface area contributed by atoms with Crippen molar-refractivity contribution in [2.24, 2.45) is 0 Å². The van der Waals surface area contributed by atoms with Gasteiger partial charge in [-0.1, -0.05) is 18.2 Å². The second kappa shape index (κ2) is 12.3. The van der Waals surface area contributed by atoms with Crippen molar-refractivity contribution >= 4 is 30.2 Å². The number of nitrogens with one attached hydrogen (secondary N) is 1. The molecule has 0 bridgehead atoms. The van der Waals surface area contributed by atoms with E-state index in [2.05, 4.69) is 10.1 Å². The van der Waals surface area contributed by atoms with E-state index >= 15 is 4.39 Å². The van der Waals surface area contributed by atoms with Crippen LogP contribution in [0, 0.1) is 5.82 Å². The average Bonchev–Trinajstić information content (AvgIpc) is 3.11. The van der Waals surface area contributed by atoms with Gasteiger partial charge in [-0.15, -0.1) is 0 Å². The van der Waals surface area contributed by atoms with Crippen molar-refractivity contribution in [1.29, 1.82) is 0 Å². The molecule has 216 valence electrons. The summed E-state index contributed by atoms with van der Waals surface area (Å²) in [5, 5.41) is 13.1. The minimum atomic E-state index is -3.91. The monoisotopic (exact) mass is 598 g/mol. The summed E-state index contributed by atoms with van der Waals surface area (Å²) in [5.74, 6) is -2.65. The summed E-state index contributed by atoms with van der Waals surface area (Å²) < 4.78 is 79.6. The lowest BCUT2D eigenvalue weighted by atomic mass is 9.97. The summed E-state index contributed by atoms with van der Waals surface area (Å²) in [7, 11) is 0. The Morgan fingerprint density at radius 2 is 1.97 bits per heavy atom. The van der Waals surface area contributed by atoms with Crippen molar-refractivity contribution < 1.29 is 46.0 Å². The van der Waals surface area contributed by atoms with Crippen LogP contribution in [0.3, 0.4) is 0 Å². The first-order valence-electron chi connectivity index (χ1n) is 11.5. The molecule has 1 aliphatic rings. The molecule has 1 aliphatic heterocycles. The first kappa shape index (κ1) is 30.9. The van der Waals surface area contributed by atoms with Gasteiger partial charge in [0, 0.05) is 0 Å². The number of aromatic nitrogens is 2. The number of benzene rings is 1. The van der Waals surface area contributed by atoms with Crippen LogP contribution in [0.5, 0.6) is 5.75 Å². The van der Waals surface area contributed by atoms with E-state index in [9.17, 15) is 27.9 Å². The molecule has 1 fully saturated rings. The zero-order chi connectivity index (χ0) is 29.1. The highest BCUT2D eigenvalue weighted by molar-refractivity contribution is 8.09. The fourth-order valence-electron chi connectivity index (χ4n) is 3.52. The van der Waals surface area contributed by atoms with Crippen LogP contribution in [0.15, 0.2) is 41.3 Å². The zero-order valence-corrected chi connectivity index (χ0v) is 22.6. The Morgan fingerprint density at radius 3 is 2.56 bits per heavy atom.